The maximum atomic E-state index is 11.9. The fraction of sp³-hybridized carbons (Fsp3) is 0.0909. The Hall–Kier alpha value is -4.40. The van der Waals surface area contributed by atoms with Gasteiger partial charge in [0.2, 0.25) is 0 Å². The topological polar surface area (TPSA) is 107 Å². The highest BCUT2D eigenvalue weighted by molar-refractivity contribution is 5.94. The average Bonchev–Trinajstić information content (AvgIpc) is 3.30. The molecule has 9 nitrogen and oxygen atoms in total. The van der Waals surface area contributed by atoms with E-state index >= 15 is 0 Å². The summed E-state index contributed by atoms with van der Waals surface area (Å²) in [4.78, 5) is 20.1. The van der Waals surface area contributed by atoms with E-state index in [1.807, 2.05) is 48.7 Å². The van der Waals surface area contributed by atoms with Crippen molar-refractivity contribution in [2.24, 2.45) is 5.10 Å². The van der Waals surface area contributed by atoms with Crippen LogP contribution in [0.5, 0.6) is 5.75 Å². The summed E-state index contributed by atoms with van der Waals surface area (Å²) in [6.07, 6.45) is 8.24. The van der Waals surface area contributed by atoms with Gasteiger partial charge < -0.3 is 4.74 Å². The molecule has 31 heavy (non-hydrogen) atoms. The Morgan fingerprint density at radius 3 is 2.65 bits per heavy atom. The quantitative estimate of drug-likeness (QED) is 0.351. The van der Waals surface area contributed by atoms with Crippen LogP contribution in [-0.2, 0) is 6.54 Å². The highest BCUT2D eigenvalue weighted by Crippen LogP contribution is 2.13. The first-order valence-electron chi connectivity index (χ1n) is 9.56. The monoisotopic (exact) mass is 413 g/mol. The molecule has 0 atom stereocenters. The molecule has 1 amide bonds. The molecule has 0 aliphatic rings. The fourth-order valence-electron chi connectivity index (χ4n) is 2.68. The largest absolute Gasteiger partial charge is 0.492 e. The highest BCUT2D eigenvalue weighted by atomic mass is 16.5. The van der Waals surface area contributed by atoms with E-state index in [4.69, 9.17) is 4.74 Å². The van der Waals surface area contributed by atoms with Gasteiger partial charge in [0.15, 0.2) is 0 Å². The molecule has 3 aromatic heterocycles. The second kappa shape index (κ2) is 9.88. The van der Waals surface area contributed by atoms with E-state index in [1.165, 1.54) is 0 Å². The predicted molar refractivity (Wildman–Crippen MR) is 114 cm³/mol. The van der Waals surface area contributed by atoms with Crippen LogP contribution < -0.4 is 10.2 Å². The lowest BCUT2D eigenvalue weighted by molar-refractivity contribution is 0.0955. The molecular formula is C22H19N7O2. The van der Waals surface area contributed by atoms with Gasteiger partial charge in [-0.05, 0) is 54.1 Å². The Morgan fingerprint density at radius 1 is 1.03 bits per heavy atom. The minimum Gasteiger partial charge on any atom is -0.492 e. The van der Waals surface area contributed by atoms with Gasteiger partial charge in [-0.1, -0.05) is 11.3 Å². The minimum absolute atomic E-state index is 0.294. The van der Waals surface area contributed by atoms with Gasteiger partial charge in [0, 0.05) is 24.2 Å². The van der Waals surface area contributed by atoms with Crippen LogP contribution in [0, 0.1) is 0 Å². The van der Waals surface area contributed by atoms with Crippen molar-refractivity contribution < 1.29 is 9.53 Å². The molecule has 0 fully saturated rings. The number of pyridine rings is 2. The predicted octanol–water partition coefficient (Wildman–Crippen LogP) is 2.58. The van der Waals surface area contributed by atoms with Crippen molar-refractivity contribution >= 4 is 12.1 Å². The van der Waals surface area contributed by atoms with Crippen molar-refractivity contribution in [3.8, 4) is 17.1 Å². The molecule has 0 saturated heterocycles. The second-order valence-corrected chi connectivity index (χ2v) is 6.43. The number of carbonyl (C=O) groups is 1. The van der Waals surface area contributed by atoms with Crippen LogP contribution in [0.1, 0.15) is 15.9 Å². The number of hydrogen-bond donors (Lipinski definition) is 1. The molecule has 4 rings (SSSR count). The molecular weight excluding hydrogens is 394 g/mol. The summed E-state index contributed by atoms with van der Waals surface area (Å²) in [5.74, 6) is 0.431. The van der Waals surface area contributed by atoms with Crippen molar-refractivity contribution in [3.05, 3.63) is 90.5 Å². The smallest absolute Gasteiger partial charge is 0.271 e. The molecule has 154 valence electrons. The number of nitrogens with zero attached hydrogens (tertiary/aromatic N) is 6. The Kier molecular flexibility index (Phi) is 6.34. The van der Waals surface area contributed by atoms with Gasteiger partial charge in [0.05, 0.1) is 24.7 Å². The van der Waals surface area contributed by atoms with Crippen LogP contribution in [0.15, 0.2) is 84.5 Å². The minimum atomic E-state index is -0.294. The first-order valence-corrected chi connectivity index (χ1v) is 9.56. The molecule has 0 aliphatic heterocycles. The molecule has 0 bridgehead atoms. The normalized spacial score (nSPS) is 10.8. The third-order valence-electron chi connectivity index (χ3n) is 4.26. The van der Waals surface area contributed by atoms with E-state index in [0.717, 1.165) is 22.7 Å². The number of hydrogen-bond acceptors (Lipinski definition) is 7. The van der Waals surface area contributed by atoms with Gasteiger partial charge >= 0.3 is 0 Å². The summed E-state index contributed by atoms with van der Waals surface area (Å²) in [6.45, 7) is 1.00. The lowest BCUT2D eigenvalue weighted by atomic mass is 10.2. The number of hydrazone groups is 1. The zero-order valence-electron chi connectivity index (χ0n) is 16.5. The van der Waals surface area contributed by atoms with Crippen LogP contribution in [0.4, 0.5) is 0 Å². The van der Waals surface area contributed by atoms with Gasteiger partial charge in [0.25, 0.3) is 5.91 Å². The van der Waals surface area contributed by atoms with Crippen molar-refractivity contribution in [2.75, 3.05) is 6.61 Å². The molecule has 9 heteroatoms. The summed E-state index contributed by atoms with van der Waals surface area (Å²) in [5.41, 5.74) is 5.31. The van der Waals surface area contributed by atoms with Crippen molar-refractivity contribution in [1.82, 2.24) is 30.4 Å². The summed E-state index contributed by atoms with van der Waals surface area (Å²) < 4.78 is 7.47. The first kappa shape index (κ1) is 19.9. The SMILES string of the molecule is O=C(N/N=C/c1ccc(OCCn2cc(-c3ccccn3)nn2)cc1)c1ccncc1. The molecule has 0 unspecified atom stereocenters. The van der Waals surface area contributed by atoms with Gasteiger partial charge in [-0.15, -0.1) is 5.10 Å². The number of rotatable bonds is 8. The van der Waals surface area contributed by atoms with Crippen LogP contribution in [-0.4, -0.2) is 43.7 Å². The Morgan fingerprint density at radius 2 is 1.87 bits per heavy atom. The van der Waals surface area contributed by atoms with Crippen LogP contribution in [0.2, 0.25) is 0 Å². The summed E-state index contributed by atoms with van der Waals surface area (Å²) in [5, 5.41) is 12.2. The fourth-order valence-corrected chi connectivity index (χ4v) is 2.68. The van der Waals surface area contributed by atoms with Crippen LogP contribution in [0.25, 0.3) is 11.4 Å². The Labute approximate surface area is 178 Å². The third-order valence-corrected chi connectivity index (χ3v) is 4.26. The van der Waals surface area contributed by atoms with E-state index in [9.17, 15) is 4.79 Å². The van der Waals surface area contributed by atoms with Gasteiger partial charge in [-0.3, -0.25) is 14.8 Å². The number of aromatic nitrogens is 5. The van der Waals surface area contributed by atoms with Crippen molar-refractivity contribution in [1.29, 1.82) is 0 Å². The average molecular weight is 413 g/mol. The van der Waals surface area contributed by atoms with Crippen molar-refractivity contribution in [2.45, 2.75) is 6.54 Å². The summed E-state index contributed by atoms with van der Waals surface area (Å²) >= 11 is 0. The van der Waals surface area contributed by atoms with Crippen LogP contribution in [0.3, 0.4) is 0 Å². The number of ether oxygens (including phenoxy) is 1. The third kappa shape index (κ3) is 5.57. The molecule has 0 radical (unpaired) electrons. The number of carbonyl (C=O) groups excluding carboxylic acids is 1. The molecule has 3 heterocycles. The summed E-state index contributed by atoms with van der Waals surface area (Å²) in [6, 6.07) is 16.3. The zero-order chi connectivity index (χ0) is 21.3. The number of amides is 1. The molecule has 0 spiro atoms. The van der Waals surface area contributed by atoms with E-state index in [2.05, 4.69) is 30.8 Å². The molecule has 1 N–H and O–H groups in total. The second-order valence-electron chi connectivity index (χ2n) is 6.43. The maximum Gasteiger partial charge on any atom is 0.271 e. The van der Waals surface area contributed by atoms with Gasteiger partial charge in [-0.2, -0.15) is 5.10 Å². The van der Waals surface area contributed by atoms with Gasteiger partial charge in [0.1, 0.15) is 18.1 Å². The zero-order valence-corrected chi connectivity index (χ0v) is 16.5. The van der Waals surface area contributed by atoms with E-state index in [1.54, 1.807) is 41.6 Å². The number of benzene rings is 1. The number of nitrogens with one attached hydrogen (secondary N) is 1. The van der Waals surface area contributed by atoms with E-state index in [0.29, 0.717) is 18.7 Å². The van der Waals surface area contributed by atoms with E-state index in [-0.39, 0.29) is 5.91 Å². The highest BCUT2D eigenvalue weighted by Gasteiger charge is 2.05. The standard InChI is InChI=1S/C22H19N7O2/c30-22(18-8-11-23-12-9-18)27-25-15-17-4-6-19(7-5-17)31-14-13-29-16-21(26-28-29)20-3-1-2-10-24-20/h1-12,15-16H,13-14H2,(H,27,30)/b25-15+. The first-order chi connectivity index (χ1) is 15.3. The van der Waals surface area contributed by atoms with Crippen molar-refractivity contribution in [3.63, 3.8) is 0 Å². The molecule has 0 aliphatic carbocycles. The maximum absolute atomic E-state index is 11.9. The Balaban J connectivity index is 1.24. The summed E-state index contributed by atoms with van der Waals surface area (Å²) in [7, 11) is 0. The Bertz CT molecular complexity index is 1140. The molecule has 4 aromatic rings. The lowest BCUT2D eigenvalue weighted by Gasteiger charge is -2.06. The lowest BCUT2D eigenvalue weighted by Crippen LogP contribution is -2.17. The molecule has 1 aromatic carbocycles. The van der Waals surface area contributed by atoms with E-state index < -0.39 is 0 Å². The van der Waals surface area contributed by atoms with Gasteiger partial charge in [-0.25, -0.2) is 10.1 Å². The van der Waals surface area contributed by atoms with Crippen LogP contribution >= 0.6 is 0 Å². The molecule has 0 saturated carbocycles.